The third kappa shape index (κ3) is 2.05. The van der Waals surface area contributed by atoms with Crippen molar-refractivity contribution < 1.29 is 17.2 Å². The SMILES string of the molecule is O=S(=O)(Cl)CC1CC1(F)F. The summed E-state index contributed by atoms with van der Waals surface area (Å²) in [7, 11) is 0.995. The van der Waals surface area contributed by atoms with Gasteiger partial charge < -0.3 is 0 Å². The smallest absolute Gasteiger partial charge is 0.212 e. The Balaban J connectivity index is 2.46. The first kappa shape index (κ1) is 8.20. The minimum Gasteiger partial charge on any atom is -0.212 e. The third-order valence-corrected chi connectivity index (χ3v) is 2.53. The number of halogens is 3. The highest BCUT2D eigenvalue weighted by molar-refractivity contribution is 8.13. The van der Waals surface area contributed by atoms with Crippen LogP contribution in [0.5, 0.6) is 0 Å². The molecule has 1 saturated carbocycles. The summed E-state index contributed by atoms with van der Waals surface area (Å²) in [4.78, 5) is 0. The highest BCUT2D eigenvalue weighted by Crippen LogP contribution is 2.49. The van der Waals surface area contributed by atoms with Gasteiger partial charge in [0.15, 0.2) is 0 Å². The van der Waals surface area contributed by atoms with E-state index in [-0.39, 0.29) is 6.42 Å². The molecule has 0 saturated heterocycles. The molecule has 0 aliphatic heterocycles. The molecule has 0 radical (unpaired) electrons. The second-order valence-electron chi connectivity index (χ2n) is 2.37. The van der Waals surface area contributed by atoms with Crippen LogP contribution in [0.1, 0.15) is 6.42 Å². The van der Waals surface area contributed by atoms with Crippen molar-refractivity contribution in [3.05, 3.63) is 0 Å². The lowest BCUT2D eigenvalue weighted by Gasteiger charge is -1.92. The van der Waals surface area contributed by atoms with Gasteiger partial charge in [0, 0.05) is 23.0 Å². The number of alkyl halides is 2. The van der Waals surface area contributed by atoms with Gasteiger partial charge >= 0.3 is 0 Å². The molecule has 1 atom stereocenters. The molecule has 0 amide bonds. The Morgan fingerprint density at radius 2 is 2.00 bits per heavy atom. The molecule has 60 valence electrons. The Labute approximate surface area is 61.6 Å². The highest BCUT2D eigenvalue weighted by atomic mass is 35.7. The minimum absolute atomic E-state index is 0.348. The van der Waals surface area contributed by atoms with Crippen LogP contribution in [0.15, 0.2) is 0 Å². The van der Waals surface area contributed by atoms with E-state index in [2.05, 4.69) is 0 Å². The zero-order chi connectivity index (χ0) is 7.99. The Bertz CT molecular complexity index is 236. The van der Waals surface area contributed by atoms with Crippen LogP contribution in [0.4, 0.5) is 8.78 Å². The summed E-state index contributed by atoms with van der Waals surface area (Å²) in [5.41, 5.74) is 0. The quantitative estimate of drug-likeness (QED) is 0.614. The average Bonchev–Trinajstić information content (AvgIpc) is 2.05. The van der Waals surface area contributed by atoms with Gasteiger partial charge in [0.05, 0.1) is 5.75 Å². The lowest BCUT2D eigenvalue weighted by atomic mass is 10.5. The van der Waals surface area contributed by atoms with Gasteiger partial charge in [0.2, 0.25) is 9.05 Å². The molecule has 1 unspecified atom stereocenters. The summed E-state index contributed by atoms with van der Waals surface area (Å²) in [6.07, 6.45) is -0.348. The summed E-state index contributed by atoms with van der Waals surface area (Å²) >= 11 is 0. The molecule has 1 rings (SSSR count). The Kier molecular flexibility index (Phi) is 1.67. The lowest BCUT2D eigenvalue weighted by molar-refractivity contribution is 0.103. The zero-order valence-corrected chi connectivity index (χ0v) is 6.42. The molecule has 1 aliphatic carbocycles. The first-order chi connectivity index (χ1) is 4.31. The second kappa shape index (κ2) is 2.04. The summed E-state index contributed by atoms with van der Waals surface area (Å²) in [6.45, 7) is 0. The maximum Gasteiger partial charge on any atom is 0.252 e. The third-order valence-electron chi connectivity index (χ3n) is 1.36. The first-order valence-corrected chi connectivity index (χ1v) is 5.09. The molecule has 0 aromatic carbocycles. The minimum atomic E-state index is -3.74. The molecular weight excluding hydrogens is 186 g/mol. The predicted octanol–water partition coefficient (Wildman–Crippen LogP) is 1.21. The van der Waals surface area contributed by atoms with Gasteiger partial charge in [-0.15, -0.1) is 0 Å². The fourth-order valence-corrected chi connectivity index (χ4v) is 1.99. The van der Waals surface area contributed by atoms with E-state index in [0.29, 0.717) is 0 Å². The van der Waals surface area contributed by atoms with Crippen LogP contribution >= 0.6 is 10.7 Å². The molecule has 2 nitrogen and oxygen atoms in total. The van der Waals surface area contributed by atoms with E-state index in [1.807, 2.05) is 0 Å². The van der Waals surface area contributed by atoms with Gasteiger partial charge in [-0.05, 0) is 0 Å². The highest BCUT2D eigenvalue weighted by Gasteiger charge is 2.58. The summed E-state index contributed by atoms with van der Waals surface area (Å²) in [6, 6.07) is 0. The average molecular weight is 191 g/mol. The van der Waals surface area contributed by atoms with Crippen molar-refractivity contribution in [2.45, 2.75) is 12.3 Å². The maximum absolute atomic E-state index is 12.0. The second-order valence-corrected chi connectivity index (χ2v) is 5.19. The van der Waals surface area contributed by atoms with Gasteiger partial charge in [-0.25, -0.2) is 17.2 Å². The van der Waals surface area contributed by atoms with Crippen LogP contribution in [0.25, 0.3) is 0 Å². The van der Waals surface area contributed by atoms with Gasteiger partial charge in [0.1, 0.15) is 0 Å². The van der Waals surface area contributed by atoms with Crippen LogP contribution in [-0.4, -0.2) is 20.1 Å². The Hall–Kier alpha value is 0.1000. The Morgan fingerprint density at radius 1 is 1.60 bits per heavy atom. The van der Waals surface area contributed by atoms with Gasteiger partial charge in [0.25, 0.3) is 5.92 Å². The monoisotopic (exact) mass is 190 g/mol. The van der Waals surface area contributed by atoms with E-state index in [9.17, 15) is 17.2 Å². The van der Waals surface area contributed by atoms with Gasteiger partial charge in [-0.3, -0.25) is 0 Å². The molecular formula is C4H5ClF2O2S. The fourth-order valence-electron chi connectivity index (χ4n) is 0.691. The molecule has 0 heterocycles. The molecule has 0 aromatic rings. The number of hydrogen-bond donors (Lipinski definition) is 0. The molecule has 1 fully saturated rings. The Morgan fingerprint density at radius 3 is 2.10 bits per heavy atom. The van der Waals surface area contributed by atoms with Crippen LogP contribution in [0, 0.1) is 5.92 Å². The summed E-state index contributed by atoms with van der Waals surface area (Å²) in [5, 5.41) is 0. The van der Waals surface area contributed by atoms with Crippen molar-refractivity contribution in [1.82, 2.24) is 0 Å². The first-order valence-electron chi connectivity index (χ1n) is 2.61. The standard InChI is InChI=1S/C4H5ClF2O2S/c5-10(8,9)2-3-1-4(3,6)7/h3H,1-2H2. The topological polar surface area (TPSA) is 34.1 Å². The van der Waals surface area contributed by atoms with E-state index in [0.717, 1.165) is 0 Å². The van der Waals surface area contributed by atoms with Crippen molar-refractivity contribution in [1.29, 1.82) is 0 Å². The van der Waals surface area contributed by atoms with Crippen molar-refractivity contribution in [2.24, 2.45) is 5.92 Å². The van der Waals surface area contributed by atoms with E-state index in [1.165, 1.54) is 0 Å². The number of rotatable bonds is 2. The van der Waals surface area contributed by atoms with Crippen LogP contribution in [0.3, 0.4) is 0 Å². The van der Waals surface area contributed by atoms with Crippen molar-refractivity contribution in [2.75, 3.05) is 5.75 Å². The molecule has 0 spiro atoms. The number of hydrogen-bond acceptors (Lipinski definition) is 2. The van der Waals surface area contributed by atoms with Crippen molar-refractivity contribution in [3.63, 3.8) is 0 Å². The molecule has 0 aromatic heterocycles. The van der Waals surface area contributed by atoms with Crippen molar-refractivity contribution in [3.8, 4) is 0 Å². The van der Waals surface area contributed by atoms with E-state index in [4.69, 9.17) is 10.7 Å². The van der Waals surface area contributed by atoms with Crippen LogP contribution < -0.4 is 0 Å². The van der Waals surface area contributed by atoms with Gasteiger partial charge in [-0.2, -0.15) is 0 Å². The largest absolute Gasteiger partial charge is 0.252 e. The molecule has 0 bridgehead atoms. The molecule has 10 heavy (non-hydrogen) atoms. The van der Waals surface area contributed by atoms with E-state index >= 15 is 0 Å². The molecule has 1 aliphatic rings. The van der Waals surface area contributed by atoms with Crippen LogP contribution in [-0.2, 0) is 9.05 Å². The lowest BCUT2D eigenvalue weighted by Crippen LogP contribution is -2.05. The fraction of sp³-hybridized carbons (Fsp3) is 1.00. The zero-order valence-electron chi connectivity index (χ0n) is 4.85. The van der Waals surface area contributed by atoms with Crippen molar-refractivity contribution >= 4 is 19.7 Å². The normalized spacial score (nSPS) is 30.1. The maximum atomic E-state index is 12.0. The van der Waals surface area contributed by atoms with E-state index < -0.39 is 26.6 Å². The molecule has 6 heteroatoms. The van der Waals surface area contributed by atoms with Crippen LogP contribution in [0.2, 0.25) is 0 Å². The molecule has 0 N–H and O–H groups in total. The predicted molar refractivity (Wildman–Crippen MR) is 32.7 cm³/mol. The van der Waals surface area contributed by atoms with E-state index in [1.54, 1.807) is 0 Å². The summed E-state index contributed by atoms with van der Waals surface area (Å²) in [5.74, 6) is -4.45. The van der Waals surface area contributed by atoms with Gasteiger partial charge in [-0.1, -0.05) is 0 Å². The summed E-state index contributed by atoms with van der Waals surface area (Å²) < 4.78 is 44.4.